The van der Waals surface area contributed by atoms with Crippen molar-refractivity contribution < 1.29 is 4.74 Å². The van der Waals surface area contributed by atoms with Crippen molar-refractivity contribution in [3.05, 3.63) is 40.4 Å². The van der Waals surface area contributed by atoms with E-state index in [-0.39, 0.29) is 0 Å². The number of nitrogens with two attached hydrogens (primary N) is 1. The van der Waals surface area contributed by atoms with E-state index in [0.717, 1.165) is 21.4 Å². The Balaban J connectivity index is 2.81. The van der Waals surface area contributed by atoms with Crippen molar-refractivity contribution in [3.8, 4) is 5.75 Å². The van der Waals surface area contributed by atoms with Gasteiger partial charge in [-0.25, -0.2) is 0 Å². The van der Waals surface area contributed by atoms with Crippen LogP contribution in [0.2, 0.25) is 0 Å². The van der Waals surface area contributed by atoms with Gasteiger partial charge in [0, 0.05) is 6.54 Å². The molecule has 0 aliphatic rings. The van der Waals surface area contributed by atoms with Crippen LogP contribution in [0.25, 0.3) is 0 Å². The molecular formula is C11H14BrNO. The van der Waals surface area contributed by atoms with Crippen LogP contribution in [0.4, 0.5) is 0 Å². The van der Waals surface area contributed by atoms with E-state index in [4.69, 9.17) is 10.5 Å². The molecule has 0 saturated heterocycles. The lowest BCUT2D eigenvalue weighted by molar-refractivity contribution is 0.350. The molecule has 76 valence electrons. The van der Waals surface area contributed by atoms with Gasteiger partial charge in [-0.05, 0) is 40.1 Å². The maximum absolute atomic E-state index is 5.57. The first-order valence-corrected chi connectivity index (χ1v) is 5.19. The molecule has 0 radical (unpaired) electrons. The molecule has 1 rings (SSSR count). The third-order valence-electron chi connectivity index (χ3n) is 1.74. The molecule has 0 amide bonds. The van der Waals surface area contributed by atoms with E-state index < -0.39 is 0 Å². The first kappa shape index (κ1) is 11.3. The maximum atomic E-state index is 5.57. The zero-order valence-corrected chi connectivity index (χ0v) is 9.80. The summed E-state index contributed by atoms with van der Waals surface area (Å²) in [4.78, 5) is 0. The zero-order chi connectivity index (χ0) is 10.6. The summed E-state index contributed by atoms with van der Waals surface area (Å²) in [5.41, 5.74) is 7.61. The fourth-order valence-electron chi connectivity index (χ4n) is 1.03. The molecule has 0 heterocycles. The summed E-state index contributed by atoms with van der Waals surface area (Å²) in [6.45, 7) is 6.75. The number of halogens is 1. The van der Waals surface area contributed by atoms with E-state index in [9.17, 15) is 0 Å². The Morgan fingerprint density at radius 1 is 1.57 bits per heavy atom. The van der Waals surface area contributed by atoms with Gasteiger partial charge in [0.1, 0.15) is 12.4 Å². The molecule has 14 heavy (non-hydrogen) atoms. The smallest absolute Gasteiger partial charge is 0.134 e. The Morgan fingerprint density at radius 2 is 2.29 bits per heavy atom. The molecule has 0 aliphatic carbocycles. The number of hydrogen-bond donors (Lipinski definition) is 1. The van der Waals surface area contributed by atoms with E-state index in [1.807, 2.05) is 25.1 Å². The van der Waals surface area contributed by atoms with Gasteiger partial charge in [-0.2, -0.15) is 0 Å². The van der Waals surface area contributed by atoms with Gasteiger partial charge in [-0.15, -0.1) is 0 Å². The van der Waals surface area contributed by atoms with Crippen molar-refractivity contribution in [1.29, 1.82) is 0 Å². The summed E-state index contributed by atoms with van der Waals surface area (Å²) in [7, 11) is 0. The van der Waals surface area contributed by atoms with Gasteiger partial charge < -0.3 is 10.5 Å². The number of benzene rings is 1. The van der Waals surface area contributed by atoms with Crippen LogP contribution in [-0.2, 0) is 6.54 Å². The molecule has 0 atom stereocenters. The van der Waals surface area contributed by atoms with Crippen molar-refractivity contribution in [2.75, 3.05) is 6.61 Å². The Bertz CT molecular complexity index is 336. The minimum Gasteiger partial charge on any atom is -0.488 e. The summed E-state index contributed by atoms with van der Waals surface area (Å²) in [5, 5.41) is 0. The van der Waals surface area contributed by atoms with Crippen LogP contribution in [0.5, 0.6) is 5.75 Å². The van der Waals surface area contributed by atoms with Crippen molar-refractivity contribution in [3.63, 3.8) is 0 Å². The third-order valence-corrected chi connectivity index (χ3v) is 2.64. The number of ether oxygens (including phenoxy) is 1. The molecule has 0 fully saturated rings. The number of hydrogen-bond acceptors (Lipinski definition) is 2. The van der Waals surface area contributed by atoms with Gasteiger partial charge >= 0.3 is 0 Å². The van der Waals surface area contributed by atoms with Gasteiger partial charge in [0.2, 0.25) is 0 Å². The molecular weight excluding hydrogens is 242 g/mol. The van der Waals surface area contributed by atoms with E-state index >= 15 is 0 Å². The fraction of sp³-hybridized carbons (Fsp3) is 0.273. The molecule has 0 aliphatic heterocycles. The second kappa shape index (κ2) is 5.17. The highest BCUT2D eigenvalue weighted by Crippen LogP contribution is 2.28. The second-order valence-electron chi connectivity index (χ2n) is 3.18. The fourth-order valence-corrected chi connectivity index (χ4v) is 1.57. The van der Waals surface area contributed by atoms with Crippen LogP contribution in [-0.4, -0.2) is 6.61 Å². The Hall–Kier alpha value is -0.800. The largest absolute Gasteiger partial charge is 0.488 e. The standard InChI is InChI=1S/C11H14BrNO/c1-8(2)7-14-10-5-3-4-9(6-13)11(10)12/h3-5H,1,6-7,13H2,2H3. The lowest BCUT2D eigenvalue weighted by atomic mass is 10.2. The first-order valence-electron chi connectivity index (χ1n) is 4.39. The molecule has 3 heteroatoms. The van der Waals surface area contributed by atoms with Gasteiger partial charge in [0.05, 0.1) is 4.47 Å². The summed E-state index contributed by atoms with van der Waals surface area (Å²) in [5.74, 6) is 0.816. The SMILES string of the molecule is C=C(C)COc1cccc(CN)c1Br. The summed E-state index contributed by atoms with van der Waals surface area (Å²) < 4.78 is 6.47. The average Bonchev–Trinajstić information content (AvgIpc) is 2.16. The molecule has 0 bridgehead atoms. The van der Waals surface area contributed by atoms with Crippen molar-refractivity contribution in [2.45, 2.75) is 13.5 Å². The van der Waals surface area contributed by atoms with Crippen LogP contribution in [0.15, 0.2) is 34.8 Å². The highest BCUT2D eigenvalue weighted by molar-refractivity contribution is 9.10. The van der Waals surface area contributed by atoms with Crippen LogP contribution in [0.1, 0.15) is 12.5 Å². The first-order chi connectivity index (χ1) is 6.65. The van der Waals surface area contributed by atoms with Gasteiger partial charge in [-0.3, -0.25) is 0 Å². The predicted molar refractivity (Wildman–Crippen MR) is 62.3 cm³/mol. The average molecular weight is 256 g/mol. The molecule has 2 N–H and O–H groups in total. The maximum Gasteiger partial charge on any atom is 0.134 e. The Kier molecular flexibility index (Phi) is 4.17. The molecule has 0 spiro atoms. The van der Waals surface area contributed by atoms with Gasteiger partial charge in [-0.1, -0.05) is 18.7 Å². The van der Waals surface area contributed by atoms with Crippen molar-refractivity contribution in [2.24, 2.45) is 5.73 Å². The van der Waals surface area contributed by atoms with Crippen molar-refractivity contribution >= 4 is 15.9 Å². The van der Waals surface area contributed by atoms with Crippen LogP contribution in [0.3, 0.4) is 0 Å². The topological polar surface area (TPSA) is 35.2 Å². The zero-order valence-electron chi connectivity index (χ0n) is 8.22. The van der Waals surface area contributed by atoms with Crippen molar-refractivity contribution in [1.82, 2.24) is 0 Å². The van der Waals surface area contributed by atoms with Crippen LogP contribution in [0, 0.1) is 0 Å². The normalized spacial score (nSPS) is 9.93. The monoisotopic (exact) mass is 255 g/mol. The Labute approximate surface area is 92.9 Å². The third kappa shape index (κ3) is 2.86. The Morgan fingerprint density at radius 3 is 2.86 bits per heavy atom. The second-order valence-corrected chi connectivity index (χ2v) is 3.97. The minimum absolute atomic E-state index is 0.505. The molecule has 0 saturated carbocycles. The molecule has 1 aromatic rings. The molecule has 0 unspecified atom stereocenters. The van der Waals surface area contributed by atoms with Gasteiger partial charge in [0.15, 0.2) is 0 Å². The quantitative estimate of drug-likeness (QED) is 0.840. The summed E-state index contributed by atoms with van der Waals surface area (Å²) >= 11 is 3.46. The van der Waals surface area contributed by atoms with Crippen LogP contribution >= 0.6 is 15.9 Å². The highest BCUT2D eigenvalue weighted by Gasteiger charge is 2.04. The molecule has 2 nitrogen and oxygen atoms in total. The lowest BCUT2D eigenvalue weighted by Gasteiger charge is -2.10. The summed E-state index contributed by atoms with van der Waals surface area (Å²) in [6.07, 6.45) is 0. The van der Waals surface area contributed by atoms with E-state index in [1.165, 1.54) is 0 Å². The van der Waals surface area contributed by atoms with E-state index in [2.05, 4.69) is 22.5 Å². The number of rotatable bonds is 4. The summed E-state index contributed by atoms with van der Waals surface area (Å²) in [6, 6.07) is 5.81. The van der Waals surface area contributed by atoms with E-state index in [0.29, 0.717) is 13.2 Å². The molecule has 0 aromatic heterocycles. The van der Waals surface area contributed by atoms with E-state index in [1.54, 1.807) is 0 Å². The van der Waals surface area contributed by atoms with Crippen LogP contribution < -0.4 is 10.5 Å². The molecule has 1 aromatic carbocycles. The minimum atomic E-state index is 0.505. The highest BCUT2D eigenvalue weighted by atomic mass is 79.9. The lowest BCUT2D eigenvalue weighted by Crippen LogP contribution is -2.02. The van der Waals surface area contributed by atoms with Gasteiger partial charge in [0.25, 0.3) is 0 Å². The predicted octanol–water partition coefficient (Wildman–Crippen LogP) is 2.86.